The summed E-state index contributed by atoms with van der Waals surface area (Å²) in [4.78, 5) is 11.7. The highest BCUT2D eigenvalue weighted by molar-refractivity contribution is 5.67. The number of hydrogen-bond donors (Lipinski definition) is 2. The predicted molar refractivity (Wildman–Crippen MR) is 76.1 cm³/mol. The molecule has 1 amide bonds. The van der Waals surface area contributed by atoms with E-state index in [0.29, 0.717) is 12.0 Å². The van der Waals surface area contributed by atoms with Crippen LogP contribution in [0.3, 0.4) is 0 Å². The first kappa shape index (κ1) is 14.6. The summed E-state index contributed by atoms with van der Waals surface area (Å²) in [6, 6.07) is 0.674. The van der Waals surface area contributed by atoms with Crippen molar-refractivity contribution in [3.8, 4) is 0 Å². The van der Waals surface area contributed by atoms with Crippen molar-refractivity contribution < 1.29 is 9.53 Å². The molecule has 0 aromatic carbocycles. The Hall–Kier alpha value is -0.770. The van der Waals surface area contributed by atoms with Gasteiger partial charge in [0, 0.05) is 12.6 Å². The number of carbonyl (C=O) groups excluding carboxylic acids is 1. The Morgan fingerprint density at radius 2 is 2.00 bits per heavy atom. The Labute approximate surface area is 116 Å². The minimum Gasteiger partial charge on any atom is -0.444 e. The second kappa shape index (κ2) is 6.12. The van der Waals surface area contributed by atoms with E-state index in [1.165, 1.54) is 25.7 Å². The molecule has 1 aliphatic carbocycles. The van der Waals surface area contributed by atoms with Crippen molar-refractivity contribution in [1.29, 1.82) is 0 Å². The van der Waals surface area contributed by atoms with Gasteiger partial charge in [0.1, 0.15) is 5.60 Å². The lowest BCUT2D eigenvalue weighted by molar-refractivity contribution is 0.0492. The van der Waals surface area contributed by atoms with Gasteiger partial charge in [0.15, 0.2) is 0 Å². The lowest BCUT2D eigenvalue weighted by Gasteiger charge is -2.42. The summed E-state index contributed by atoms with van der Waals surface area (Å²) in [5.74, 6) is 1.34. The topological polar surface area (TPSA) is 50.4 Å². The van der Waals surface area contributed by atoms with Crippen LogP contribution in [0, 0.1) is 11.8 Å². The SMILES string of the molecule is CC(C)(C)OC(=O)NC[C@@H]1CCN[C@H]2CCCC[C@H]12. The summed E-state index contributed by atoms with van der Waals surface area (Å²) in [5, 5.41) is 6.59. The number of nitrogens with one attached hydrogen (secondary N) is 2. The van der Waals surface area contributed by atoms with Crippen LogP contribution in [-0.4, -0.2) is 30.8 Å². The molecule has 0 aromatic heterocycles. The van der Waals surface area contributed by atoms with Gasteiger partial charge in [-0.2, -0.15) is 0 Å². The van der Waals surface area contributed by atoms with E-state index in [9.17, 15) is 4.79 Å². The zero-order valence-electron chi connectivity index (χ0n) is 12.5. The quantitative estimate of drug-likeness (QED) is 0.809. The molecule has 2 fully saturated rings. The van der Waals surface area contributed by atoms with Crippen LogP contribution in [0.2, 0.25) is 0 Å². The van der Waals surface area contributed by atoms with Crippen molar-refractivity contribution in [2.24, 2.45) is 11.8 Å². The van der Waals surface area contributed by atoms with E-state index in [-0.39, 0.29) is 6.09 Å². The largest absolute Gasteiger partial charge is 0.444 e. The Balaban J connectivity index is 1.79. The summed E-state index contributed by atoms with van der Waals surface area (Å²) in [6.07, 6.45) is 6.17. The molecule has 0 bridgehead atoms. The van der Waals surface area contributed by atoms with Gasteiger partial charge < -0.3 is 15.4 Å². The molecular weight excluding hydrogens is 240 g/mol. The highest BCUT2D eigenvalue weighted by atomic mass is 16.6. The van der Waals surface area contributed by atoms with Gasteiger partial charge in [-0.15, -0.1) is 0 Å². The first-order valence-electron chi connectivity index (χ1n) is 7.66. The Bertz CT molecular complexity index is 310. The molecule has 110 valence electrons. The molecular formula is C15H28N2O2. The van der Waals surface area contributed by atoms with E-state index in [1.54, 1.807) is 0 Å². The van der Waals surface area contributed by atoms with Gasteiger partial charge >= 0.3 is 6.09 Å². The Morgan fingerprint density at radius 3 is 2.74 bits per heavy atom. The van der Waals surface area contributed by atoms with Gasteiger partial charge in [-0.25, -0.2) is 4.79 Å². The van der Waals surface area contributed by atoms with Crippen LogP contribution in [0.1, 0.15) is 52.9 Å². The molecule has 1 aliphatic heterocycles. The van der Waals surface area contributed by atoms with Crippen LogP contribution in [0.5, 0.6) is 0 Å². The lowest BCUT2D eigenvalue weighted by atomic mass is 9.73. The zero-order chi connectivity index (χ0) is 13.9. The molecule has 1 heterocycles. The van der Waals surface area contributed by atoms with Crippen molar-refractivity contribution in [2.45, 2.75) is 64.5 Å². The first-order valence-corrected chi connectivity index (χ1v) is 7.66. The monoisotopic (exact) mass is 268 g/mol. The number of alkyl carbamates (subject to hydrolysis) is 1. The molecule has 0 spiro atoms. The van der Waals surface area contributed by atoms with Crippen LogP contribution in [0.25, 0.3) is 0 Å². The molecule has 1 saturated heterocycles. The van der Waals surface area contributed by atoms with Crippen LogP contribution in [-0.2, 0) is 4.74 Å². The van der Waals surface area contributed by atoms with Gasteiger partial charge in [-0.1, -0.05) is 12.8 Å². The molecule has 0 radical (unpaired) electrons. The van der Waals surface area contributed by atoms with E-state index in [4.69, 9.17) is 4.74 Å². The van der Waals surface area contributed by atoms with Gasteiger partial charge in [0.05, 0.1) is 0 Å². The van der Waals surface area contributed by atoms with E-state index in [2.05, 4.69) is 10.6 Å². The molecule has 4 heteroatoms. The molecule has 2 rings (SSSR count). The Morgan fingerprint density at radius 1 is 1.26 bits per heavy atom. The molecule has 3 atom stereocenters. The second-order valence-corrected chi connectivity index (χ2v) is 6.94. The van der Waals surface area contributed by atoms with Crippen LogP contribution in [0.15, 0.2) is 0 Å². The van der Waals surface area contributed by atoms with Crippen LogP contribution in [0.4, 0.5) is 4.79 Å². The zero-order valence-corrected chi connectivity index (χ0v) is 12.5. The summed E-state index contributed by atoms with van der Waals surface area (Å²) in [5.41, 5.74) is -0.411. The third-order valence-electron chi connectivity index (χ3n) is 4.25. The van der Waals surface area contributed by atoms with Gasteiger partial charge in [0.25, 0.3) is 0 Å². The summed E-state index contributed by atoms with van der Waals surface area (Å²) < 4.78 is 5.30. The molecule has 0 unspecified atom stereocenters. The van der Waals surface area contributed by atoms with E-state index >= 15 is 0 Å². The standard InChI is InChI=1S/C15H28N2O2/c1-15(2,3)19-14(18)17-10-11-8-9-16-13-7-5-4-6-12(11)13/h11-13,16H,4-10H2,1-3H3,(H,17,18)/t11-,12+,13-/m0/s1. The fourth-order valence-electron chi connectivity index (χ4n) is 3.43. The fourth-order valence-corrected chi connectivity index (χ4v) is 3.43. The number of fused-ring (bicyclic) bond motifs is 1. The van der Waals surface area contributed by atoms with Crippen molar-refractivity contribution in [3.63, 3.8) is 0 Å². The predicted octanol–water partition coefficient (Wildman–Crippen LogP) is 2.68. The molecule has 1 saturated carbocycles. The average molecular weight is 268 g/mol. The number of carbonyl (C=O) groups is 1. The average Bonchev–Trinajstić information content (AvgIpc) is 2.34. The fraction of sp³-hybridized carbons (Fsp3) is 0.933. The highest BCUT2D eigenvalue weighted by Crippen LogP contribution is 2.34. The number of ether oxygens (including phenoxy) is 1. The van der Waals surface area contributed by atoms with E-state index in [0.717, 1.165) is 25.4 Å². The third kappa shape index (κ3) is 4.37. The van der Waals surface area contributed by atoms with Crippen molar-refractivity contribution in [3.05, 3.63) is 0 Å². The number of rotatable bonds is 2. The maximum atomic E-state index is 11.7. The number of amides is 1. The smallest absolute Gasteiger partial charge is 0.407 e. The van der Waals surface area contributed by atoms with E-state index in [1.807, 2.05) is 20.8 Å². The molecule has 2 aliphatic rings. The number of hydrogen-bond acceptors (Lipinski definition) is 3. The van der Waals surface area contributed by atoms with Gasteiger partial charge in [0.2, 0.25) is 0 Å². The van der Waals surface area contributed by atoms with E-state index < -0.39 is 5.60 Å². The van der Waals surface area contributed by atoms with Gasteiger partial charge in [-0.05, 0) is 58.4 Å². The van der Waals surface area contributed by atoms with Gasteiger partial charge in [-0.3, -0.25) is 0 Å². The highest BCUT2D eigenvalue weighted by Gasteiger charge is 2.34. The van der Waals surface area contributed by atoms with Crippen molar-refractivity contribution in [2.75, 3.05) is 13.1 Å². The molecule has 19 heavy (non-hydrogen) atoms. The summed E-state index contributed by atoms with van der Waals surface area (Å²) in [6.45, 7) is 7.54. The Kier molecular flexibility index (Phi) is 4.71. The molecule has 2 N–H and O–H groups in total. The molecule has 0 aromatic rings. The minimum atomic E-state index is -0.411. The van der Waals surface area contributed by atoms with Crippen LogP contribution < -0.4 is 10.6 Å². The normalized spacial score (nSPS) is 31.4. The second-order valence-electron chi connectivity index (χ2n) is 6.94. The maximum Gasteiger partial charge on any atom is 0.407 e. The summed E-state index contributed by atoms with van der Waals surface area (Å²) >= 11 is 0. The van der Waals surface area contributed by atoms with Crippen molar-refractivity contribution in [1.82, 2.24) is 10.6 Å². The maximum absolute atomic E-state index is 11.7. The first-order chi connectivity index (χ1) is 8.96. The van der Waals surface area contributed by atoms with Crippen LogP contribution >= 0.6 is 0 Å². The molecule has 4 nitrogen and oxygen atoms in total. The lowest BCUT2D eigenvalue weighted by Crippen LogP contribution is -2.50. The summed E-state index contributed by atoms with van der Waals surface area (Å²) in [7, 11) is 0. The number of piperidine rings is 1. The minimum absolute atomic E-state index is 0.279. The van der Waals surface area contributed by atoms with Crippen molar-refractivity contribution >= 4 is 6.09 Å². The third-order valence-corrected chi connectivity index (χ3v) is 4.25.